The number of sulfone groups is 1. The van der Waals surface area contributed by atoms with Crippen molar-refractivity contribution >= 4 is 37.6 Å². The summed E-state index contributed by atoms with van der Waals surface area (Å²) in [6.07, 6.45) is 0.383. The second-order valence-corrected chi connectivity index (χ2v) is 7.75. The van der Waals surface area contributed by atoms with Gasteiger partial charge in [0.05, 0.1) is 17.1 Å². The normalized spacial score (nSPS) is 20.6. The Labute approximate surface area is 124 Å². The Kier molecular flexibility index (Phi) is 4.14. The summed E-state index contributed by atoms with van der Waals surface area (Å²) in [5, 5.41) is 11.5. The van der Waals surface area contributed by atoms with Crippen molar-refractivity contribution in [2.45, 2.75) is 12.5 Å². The van der Waals surface area contributed by atoms with Crippen LogP contribution < -0.4 is 5.32 Å². The van der Waals surface area contributed by atoms with Crippen LogP contribution in [0.1, 0.15) is 27.1 Å². The van der Waals surface area contributed by atoms with Crippen molar-refractivity contribution in [1.29, 1.82) is 0 Å². The summed E-state index contributed by atoms with van der Waals surface area (Å²) >= 11 is 3.14. The minimum atomic E-state index is -3.07. The molecule has 2 N–H and O–H groups in total. The number of carboxylic acids is 1. The lowest BCUT2D eigenvalue weighted by Gasteiger charge is -2.11. The van der Waals surface area contributed by atoms with E-state index in [2.05, 4.69) is 21.2 Å². The molecular formula is C12H12BrNO5S. The van der Waals surface area contributed by atoms with E-state index in [1.807, 2.05) is 0 Å². The SMILES string of the molecule is O=C(O)c1cc(Br)cc(C(=O)NC2CCS(=O)(=O)C2)c1. The molecule has 1 atom stereocenters. The molecule has 1 amide bonds. The van der Waals surface area contributed by atoms with Gasteiger partial charge in [0.2, 0.25) is 0 Å². The molecule has 0 spiro atoms. The highest BCUT2D eigenvalue weighted by Crippen LogP contribution is 2.17. The number of hydrogen-bond donors (Lipinski definition) is 2. The molecule has 0 aromatic heterocycles. The van der Waals surface area contributed by atoms with E-state index in [0.717, 1.165) is 0 Å². The smallest absolute Gasteiger partial charge is 0.335 e. The molecule has 8 heteroatoms. The van der Waals surface area contributed by atoms with Gasteiger partial charge in [-0.3, -0.25) is 4.79 Å². The quantitative estimate of drug-likeness (QED) is 0.838. The molecular weight excluding hydrogens is 350 g/mol. The monoisotopic (exact) mass is 361 g/mol. The van der Waals surface area contributed by atoms with Crippen LogP contribution in [0.4, 0.5) is 0 Å². The largest absolute Gasteiger partial charge is 0.478 e. The zero-order valence-corrected chi connectivity index (χ0v) is 12.7. The number of nitrogens with one attached hydrogen (secondary N) is 1. The molecule has 6 nitrogen and oxygen atoms in total. The van der Waals surface area contributed by atoms with Crippen molar-refractivity contribution < 1.29 is 23.1 Å². The van der Waals surface area contributed by atoms with Crippen LogP contribution in [0.2, 0.25) is 0 Å². The van der Waals surface area contributed by atoms with Gasteiger partial charge in [0.1, 0.15) is 0 Å². The zero-order valence-electron chi connectivity index (χ0n) is 10.3. The molecule has 0 aliphatic carbocycles. The first-order chi connectivity index (χ1) is 9.27. The number of rotatable bonds is 3. The van der Waals surface area contributed by atoms with Gasteiger partial charge >= 0.3 is 5.97 Å². The van der Waals surface area contributed by atoms with E-state index in [4.69, 9.17) is 5.11 Å². The van der Waals surface area contributed by atoms with Gasteiger partial charge in [0.15, 0.2) is 9.84 Å². The van der Waals surface area contributed by atoms with Crippen molar-refractivity contribution in [3.8, 4) is 0 Å². The number of carbonyl (C=O) groups excluding carboxylic acids is 1. The van der Waals surface area contributed by atoms with Crippen molar-refractivity contribution in [3.05, 3.63) is 33.8 Å². The lowest BCUT2D eigenvalue weighted by molar-refractivity contribution is 0.0696. The fraction of sp³-hybridized carbons (Fsp3) is 0.333. The molecule has 0 saturated carbocycles. The van der Waals surface area contributed by atoms with Gasteiger partial charge in [-0.2, -0.15) is 0 Å². The van der Waals surface area contributed by atoms with E-state index in [9.17, 15) is 18.0 Å². The third-order valence-electron chi connectivity index (χ3n) is 2.97. The maximum absolute atomic E-state index is 12.0. The number of carboxylic acid groups (broad SMARTS) is 1. The van der Waals surface area contributed by atoms with Crippen LogP contribution in [0.25, 0.3) is 0 Å². The van der Waals surface area contributed by atoms with Crippen LogP contribution in [-0.2, 0) is 9.84 Å². The average Bonchev–Trinajstić information content (AvgIpc) is 2.67. The highest BCUT2D eigenvalue weighted by molar-refractivity contribution is 9.10. The number of amides is 1. The summed E-state index contributed by atoms with van der Waals surface area (Å²) in [5.74, 6) is -1.62. The standard InChI is InChI=1S/C12H12BrNO5S/c13-9-4-7(3-8(5-9)12(16)17)11(15)14-10-1-2-20(18,19)6-10/h3-5,10H,1-2,6H2,(H,14,15)(H,16,17). The molecule has 108 valence electrons. The molecule has 1 aromatic rings. The van der Waals surface area contributed by atoms with Gasteiger partial charge in [-0.25, -0.2) is 13.2 Å². The van der Waals surface area contributed by atoms with E-state index < -0.39 is 27.8 Å². The minimum absolute atomic E-state index is 0.0106. The molecule has 1 heterocycles. The summed E-state index contributed by atoms with van der Waals surface area (Å²) < 4.78 is 23.1. The highest BCUT2D eigenvalue weighted by atomic mass is 79.9. The minimum Gasteiger partial charge on any atom is -0.478 e. The second-order valence-electron chi connectivity index (χ2n) is 4.61. The molecule has 1 fully saturated rings. The first-order valence-corrected chi connectivity index (χ1v) is 8.43. The summed E-state index contributed by atoms with van der Waals surface area (Å²) in [6, 6.07) is 3.72. The highest BCUT2D eigenvalue weighted by Gasteiger charge is 2.29. The van der Waals surface area contributed by atoms with Crippen LogP contribution in [0, 0.1) is 0 Å². The van der Waals surface area contributed by atoms with Crippen LogP contribution in [0.15, 0.2) is 22.7 Å². The van der Waals surface area contributed by atoms with Gasteiger partial charge in [0, 0.05) is 16.1 Å². The maximum Gasteiger partial charge on any atom is 0.335 e. The van der Waals surface area contributed by atoms with E-state index in [1.165, 1.54) is 18.2 Å². The van der Waals surface area contributed by atoms with Gasteiger partial charge < -0.3 is 10.4 Å². The summed E-state index contributed by atoms with van der Waals surface area (Å²) in [5.41, 5.74) is 0.171. The first-order valence-electron chi connectivity index (χ1n) is 5.82. The van der Waals surface area contributed by atoms with Crippen molar-refractivity contribution in [1.82, 2.24) is 5.32 Å². The van der Waals surface area contributed by atoms with Crippen LogP contribution in [0.5, 0.6) is 0 Å². The summed E-state index contributed by atoms with van der Waals surface area (Å²) in [7, 11) is -3.07. The number of hydrogen-bond acceptors (Lipinski definition) is 4. The van der Waals surface area contributed by atoms with Crippen LogP contribution in [-0.4, -0.2) is 42.9 Å². The van der Waals surface area contributed by atoms with Gasteiger partial charge in [-0.1, -0.05) is 15.9 Å². The van der Waals surface area contributed by atoms with Gasteiger partial charge in [0.25, 0.3) is 5.91 Å². The lowest BCUT2D eigenvalue weighted by atomic mass is 10.1. The van der Waals surface area contributed by atoms with Crippen molar-refractivity contribution in [2.75, 3.05) is 11.5 Å². The zero-order chi connectivity index (χ0) is 14.9. The average molecular weight is 362 g/mol. The molecule has 0 bridgehead atoms. The molecule has 2 rings (SSSR count). The Morgan fingerprint density at radius 1 is 1.25 bits per heavy atom. The van der Waals surface area contributed by atoms with E-state index in [1.54, 1.807) is 0 Å². The fourth-order valence-electron chi connectivity index (χ4n) is 2.02. The summed E-state index contributed by atoms with van der Waals surface area (Å²) in [4.78, 5) is 22.9. The first kappa shape index (κ1) is 15.0. The van der Waals surface area contributed by atoms with Crippen LogP contribution in [0.3, 0.4) is 0 Å². The van der Waals surface area contributed by atoms with Gasteiger partial charge in [-0.05, 0) is 24.6 Å². The number of aromatic carboxylic acids is 1. The molecule has 20 heavy (non-hydrogen) atoms. The Morgan fingerprint density at radius 3 is 2.45 bits per heavy atom. The Hall–Kier alpha value is -1.41. The number of carbonyl (C=O) groups is 2. The topological polar surface area (TPSA) is 101 Å². The van der Waals surface area contributed by atoms with Gasteiger partial charge in [-0.15, -0.1) is 0 Å². The molecule has 1 saturated heterocycles. The molecule has 0 radical (unpaired) electrons. The Balaban J connectivity index is 2.16. The third-order valence-corrected chi connectivity index (χ3v) is 5.20. The molecule has 1 unspecified atom stereocenters. The van der Waals surface area contributed by atoms with Crippen molar-refractivity contribution in [3.63, 3.8) is 0 Å². The third kappa shape index (κ3) is 3.57. The van der Waals surface area contributed by atoms with Crippen molar-refractivity contribution in [2.24, 2.45) is 0 Å². The lowest BCUT2D eigenvalue weighted by Crippen LogP contribution is -2.35. The number of halogens is 1. The number of benzene rings is 1. The van der Waals surface area contributed by atoms with Crippen LogP contribution >= 0.6 is 15.9 Å². The van der Waals surface area contributed by atoms with E-state index in [-0.39, 0.29) is 22.6 Å². The summed E-state index contributed by atoms with van der Waals surface area (Å²) in [6.45, 7) is 0. The maximum atomic E-state index is 12.0. The predicted molar refractivity (Wildman–Crippen MR) is 75.6 cm³/mol. The van der Waals surface area contributed by atoms with E-state index >= 15 is 0 Å². The molecule has 1 aromatic carbocycles. The van der Waals surface area contributed by atoms with E-state index in [0.29, 0.717) is 10.9 Å². The Morgan fingerprint density at radius 2 is 1.90 bits per heavy atom. The molecule has 1 aliphatic rings. The Bertz CT molecular complexity index is 670. The molecule has 1 aliphatic heterocycles. The second kappa shape index (κ2) is 5.53. The fourth-order valence-corrected chi connectivity index (χ4v) is 4.19. The predicted octanol–water partition coefficient (Wildman–Crippen LogP) is 1.06.